The van der Waals surface area contributed by atoms with E-state index in [-0.39, 0.29) is 5.91 Å². The lowest BCUT2D eigenvalue weighted by Gasteiger charge is -2.28. The summed E-state index contributed by atoms with van der Waals surface area (Å²) in [4.78, 5) is 13.8. The van der Waals surface area contributed by atoms with Gasteiger partial charge in [0.2, 0.25) is 5.91 Å². The smallest absolute Gasteiger partial charge is 0.220 e. The van der Waals surface area contributed by atoms with Gasteiger partial charge in [0.25, 0.3) is 0 Å². The molecule has 0 aliphatic rings. The first-order valence-corrected chi connectivity index (χ1v) is 9.10. The molecule has 140 valence electrons. The van der Waals surface area contributed by atoms with E-state index < -0.39 is 6.04 Å². The predicted octanol–water partition coefficient (Wildman–Crippen LogP) is 4.15. The van der Waals surface area contributed by atoms with Crippen LogP contribution < -0.4 is 0 Å². The number of tetrazole rings is 1. The van der Waals surface area contributed by atoms with Gasteiger partial charge in [0.15, 0.2) is 5.82 Å². The number of hydrogen-bond donors (Lipinski definition) is 0. The summed E-state index contributed by atoms with van der Waals surface area (Å²) < 4.78 is 1.67. The molecule has 3 aromatic rings. The standard InChI is InChI=1S/C19H19Cl2N5O/c1-11-6-5-7-12(2)17(11)26-19(22-23-24-26)18(25(4)13(3)27)15-9-8-14(20)10-16(15)21/h5-10,18H,1-4H3/t18-/m0/s1. The zero-order valence-corrected chi connectivity index (χ0v) is 17.0. The molecule has 0 unspecified atom stereocenters. The minimum Gasteiger partial charge on any atom is -0.331 e. The van der Waals surface area contributed by atoms with Crippen molar-refractivity contribution in [2.75, 3.05) is 7.05 Å². The SMILES string of the molecule is CC(=O)N(C)[C@@H](c1ccc(Cl)cc1Cl)c1nnnn1-c1c(C)cccc1C. The van der Waals surface area contributed by atoms with Crippen LogP contribution in [0.5, 0.6) is 0 Å². The molecule has 0 radical (unpaired) electrons. The summed E-state index contributed by atoms with van der Waals surface area (Å²) in [5.41, 5.74) is 3.62. The number of amides is 1. The van der Waals surface area contributed by atoms with Crippen molar-refractivity contribution < 1.29 is 4.79 Å². The molecule has 1 aromatic heterocycles. The molecule has 0 saturated carbocycles. The number of hydrogen-bond acceptors (Lipinski definition) is 4. The van der Waals surface area contributed by atoms with E-state index >= 15 is 0 Å². The molecule has 2 aromatic carbocycles. The minimum atomic E-state index is -0.568. The summed E-state index contributed by atoms with van der Waals surface area (Å²) in [7, 11) is 1.70. The molecular weight excluding hydrogens is 385 g/mol. The Bertz CT molecular complexity index is 981. The number of nitrogens with zero attached hydrogens (tertiary/aromatic N) is 5. The Morgan fingerprint density at radius 2 is 1.81 bits per heavy atom. The summed E-state index contributed by atoms with van der Waals surface area (Å²) >= 11 is 12.5. The lowest BCUT2D eigenvalue weighted by atomic mass is 10.0. The van der Waals surface area contributed by atoms with Gasteiger partial charge >= 0.3 is 0 Å². The van der Waals surface area contributed by atoms with Gasteiger partial charge in [0, 0.05) is 29.6 Å². The first-order chi connectivity index (χ1) is 12.8. The Kier molecular flexibility index (Phi) is 5.48. The molecule has 1 atom stereocenters. The van der Waals surface area contributed by atoms with Gasteiger partial charge in [-0.05, 0) is 47.5 Å². The summed E-state index contributed by atoms with van der Waals surface area (Å²) in [6.07, 6.45) is 0. The van der Waals surface area contributed by atoms with Gasteiger partial charge in [-0.25, -0.2) is 0 Å². The Morgan fingerprint density at radius 1 is 1.15 bits per heavy atom. The summed E-state index contributed by atoms with van der Waals surface area (Å²) in [6.45, 7) is 5.48. The number of aryl methyl sites for hydroxylation is 2. The van der Waals surface area contributed by atoms with Crippen LogP contribution in [0.25, 0.3) is 5.69 Å². The fourth-order valence-electron chi connectivity index (χ4n) is 3.09. The maximum atomic E-state index is 12.2. The van der Waals surface area contributed by atoms with Crippen LogP contribution in [0.15, 0.2) is 36.4 Å². The molecule has 0 bridgehead atoms. The number of carbonyl (C=O) groups is 1. The van der Waals surface area contributed by atoms with Crippen LogP contribution in [0, 0.1) is 13.8 Å². The van der Waals surface area contributed by atoms with Crippen molar-refractivity contribution in [3.05, 3.63) is 69.0 Å². The van der Waals surface area contributed by atoms with Crippen molar-refractivity contribution in [3.8, 4) is 5.69 Å². The van der Waals surface area contributed by atoms with Gasteiger partial charge in [0.05, 0.1) is 5.69 Å². The Morgan fingerprint density at radius 3 is 2.41 bits per heavy atom. The van der Waals surface area contributed by atoms with Gasteiger partial charge in [0.1, 0.15) is 6.04 Å². The fourth-order valence-corrected chi connectivity index (χ4v) is 3.60. The Balaban J connectivity index is 2.24. The highest BCUT2D eigenvalue weighted by Crippen LogP contribution is 2.34. The number of halogens is 2. The van der Waals surface area contributed by atoms with E-state index in [0.29, 0.717) is 21.4 Å². The van der Waals surface area contributed by atoms with Crippen LogP contribution >= 0.6 is 23.2 Å². The van der Waals surface area contributed by atoms with Crippen molar-refractivity contribution in [1.29, 1.82) is 0 Å². The molecule has 1 amide bonds. The Labute approximate surface area is 167 Å². The molecule has 1 heterocycles. The highest BCUT2D eigenvalue weighted by molar-refractivity contribution is 6.35. The lowest BCUT2D eigenvalue weighted by molar-refractivity contribution is -0.129. The third kappa shape index (κ3) is 3.68. The molecule has 3 rings (SSSR count). The molecule has 0 aliphatic heterocycles. The highest BCUT2D eigenvalue weighted by atomic mass is 35.5. The highest BCUT2D eigenvalue weighted by Gasteiger charge is 2.30. The van der Waals surface area contributed by atoms with Crippen molar-refractivity contribution in [1.82, 2.24) is 25.1 Å². The second kappa shape index (κ2) is 7.66. The van der Waals surface area contributed by atoms with Gasteiger partial charge in [-0.2, -0.15) is 4.68 Å². The zero-order chi connectivity index (χ0) is 19.7. The van der Waals surface area contributed by atoms with E-state index in [2.05, 4.69) is 15.5 Å². The second-order valence-electron chi connectivity index (χ2n) is 6.39. The Hall–Kier alpha value is -2.44. The van der Waals surface area contributed by atoms with Crippen LogP contribution in [0.3, 0.4) is 0 Å². The third-order valence-electron chi connectivity index (χ3n) is 4.53. The molecule has 0 aliphatic carbocycles. The van der Waals surface area contributed by atoms with Crippen molar-refractivity contribution >= 4 is 29.1 Å². The van der Waals surface area contributed by atoms with Crippen LogP contribution in [0.2, 0.25) is 10.0 Å². The van der Waals surface area contributed by atoms with Crippen LogP contribution in [0.4, 0.5) is 0 Å². The second-order valence-corrected chi connectivity index (χ2v) is 7.23. The maximum Gasteiger partial charge on any atom is 0.220 e. The molecule has 0 N–H and O–H groups in total. The van der Waals surface area contributed by atoms with Gasteiger partial charge in [-0.3, -0.25) is 4.79 Å². The first kappa shape index (κ1) is 19.3. The van der Waals surface area contributed by atoms with Crippen molar-refractivity contribution in [3.63, 3.8) is 0 Å². The van der Waals surface area contributed by atoms with Gasteiger partial charge < -0.3 is 4.90 Å². The third-order valence-corrected chi connectivity index (χ3v) is 5.09. The summed E-state index contributed by atoms with van der Waals surface area (Å²) in [6, 6.07) is 10.6. The number of rotatable bonds is 4. The number of aromatic nitrogens is 4. The molecule has 8 heteroatoms. The van der Waals surface area contributed by atoms with Crippen molar-refractivity contribution in [2.24, 2.45) is 0 Å². The van der Waals surface area contributed by atoms with Crippen LogP contribution in [-0.2, 0) is 4.79 Å². The normalized spacial score (nSPS) is 12.1. The van der Waals surface area contributed by atoms with E-state index in [9.17, 15) is 4.79 Å². The van der Waals surface area contributed by atoms with Gasteiger partial charge in [-0.15, -0.1) is 5.10 Å². The minimum absolute atomic E-state index is 0.137. The van der Waals surface area contributed by atoms with E-state index in [0.717, 1.165) is 16.8 Å². The van der Waals surface area contributed by atoms with E-state index in [1.807, 2.05) is 32.0 Å². The molecule has 0 saturated heterocycles. The topological polar surface area (TPSA) is 63.9 Å². The lowest BCUT2D eigenvalue weighted by Crippen LogP contribution is -2.32. The monoisotopic (exact) mass is 403 g/mol. The number of benzene rings is 2. The number of para-hydroxylation sites is 1. The van der Waals surface area contributed by atoms with Crippen LogP contribution in [0.1, 0.15) is 35.5 Å². The van der Waals surface area contributed by atoms with Crippen molar-refractivity contribution in [2.45, 2.75) is 26.8 Å². The number of carbonyl (C=O) groups excluding carboxylic acids is 1. The average molecular weight is 404 g/mol. The molecule has 27 heavy (non-hydrogen) atoms. The maximum absolute atomic E-state index is 12.2. The van der Waals surface area contributed by atoms with E-state index in [1.54, 1.807) is 34.8 Å². The zero-order valence-electron chi connectivity index (χ0n) is 15.4. The summed E-state index contributed by atoms with van der Waals surface area (Å²) in [5.74, 6) is 0.358. The largest absolute Gasteiger partial charge is 0.331 e. The molecular formula is C19H19Cl2N5O. The van der Waals surface area contributed by atoms with Crippen LogP contribution in [-0.4, -0.2) is 38.1 Å². The van der Waals surface area contributed by atoms with Gasteiger partial charge in [-0.1, -0.05) is 47.5 Å². The molecule has 6 nitrogen and oxygen atoms in total. The molecule has 0 fully saturated rings. The first-order valence-electron chi connectivity index (χ1n) is 8.34. The van der Waals surface area contributed by atoms with E-state index in [1.165, 1.54) is 6.92 Å². The predicted molar refractivity (Wildman–Crippen MR) is 105 cm³/mol. The fraction of sp³-hybridized carbons (Fsp3) is 0.263. The average Bonchev–Trinajstić information content (AvgIpc) is 3.05. The quantitative estimate of drug-likeness (QED) is 0.655. The summed E-state index contributed by atoms with van der Waals surface area (Å²) in [5, 5.41) is 13.3. The molecule has 0 spiro atoms. The van der Waals surface area contributed by atoms with E-state index in [4.69, 9.17) is 23.2 Å².